The van der Waals surface area contributed by atoms with E-state index in [1.807, 2.05) is 0 Å². The summed E-state index contributed by atoms with van der Waals surface area (Å²) in [5.74, 6) is -1.84. The third-order valence-electron chi connectivity index (χ3n) is 1.28. The maximum Gasteiger partial charge on any atom is 0.356 e. The molecular formula is C7H5F3N2O3. The van der Waals surface area contributed by atoms with Crippen molar-refractivity contribution in [3.05, 3.63) is 18.1 Å². The Bertz CT molecular complexity index is 344. The van der Waals surface area contributed by atoms with Crippen LogP contribution in [0.15, 0.2) is 12.4 Å². The molecule has 0 aliphatic heterocycles. The van der Waals surface area contributed by atoms with Crippen LogP contribution in [0.2, 0.25) is 0 Å². The van der Waals surface area contributed by atoms with Gasteiger partial charge in [0.2, 0.25) is 5.88 Å². The summed E-state index contributed by atoms with van der Waals surface area (Å²) in [5.41, 5.74) is -0.394. The van der Waals surface area contributed by atoms with Crippen LogP contribution in [-0.2, 0) is 0 Å². The van der Waals surface area contributed by atoms with Gasteiger partial charge in [-0.2, -0.15) is 4.39 Å². The second-order valence-electron chi connectivity index (χ2n) is 2.35. The molecule has 0 aliphatic carbocycles. The van der Waals surface area contributed by atoms with Crippen LogP contribution in [0.25, 0.3) is 0 Å². The zero-order valence-corrected chi connectivity index (χ0v) is 7.10. The van der Waals surface area contributed by atoms with Crippen LogP contribution in [0.3, 0.4) is 0 Å². The van der Waals surface area contributed by atoms with E-state index < -0.39 is 30.3 Å². The van der Waals surface area contributed by atoms with Gasteiger partial charge in [-0.15, -0.1) is 0 Å². The highest BCUT2D eigenvalue weighted by molar-refractivity contribution is 5.84. The number of rotatable bonds is 4. The van der Waals surface area contributed by atoms with Gasteiger partial charge in [0.05, 0.1) is 12.4 Å². The Morgan fingerprint density at radius 3 is 2.40 bits per heavy atom. The van der Waals surface area contributed by atoms with Gasteiger partial charge in [-0.3, -0.25) is 0 Å². The molecule has 0 saturated carbocycles. The lowest BCUT2D eigenvalue weighted by Crippen LogP contribution is -2.20. The van der Waals surface area contributed by atoms with Crippen LogP contribution in [0.5, 0.6) is 5.88 Å². The van der Waals surface area contributed by atoms with Crippen LogP contribution in [0.4, 0.5) is 13.2 Å². The summed E-state index contributed by atoms with van der Waals surface area (Å²) in [6, 6.07) is 0. The molecule has 0 aromatic carbocycles. The third-order valence-corrected chi connectivity index (χ3v) is 1.28. The SMILES string of the molecule is O=C(O)c1cnc(OC(F)C(F)F)cn1. The highest BCUT2D eigenvalue weighted by Gasteiger charge is 2.21. The Morgan fingerprint density at radius 2 is 2.00 bits per heavy atom. The van der Waals surface area contributed by atoms with Crippen molar-refractivity contribution in [3.63, 3.8) is 0 Å². The number of alkyl halides is 3. The van der Waals surface area contributed by atoms with Crippen molar-refractivity contribution >= 4 is 5.97 Å². The maximum absolute atomic E-state index is 12.3. The molecule has 15 heavy (non-hydrogen) atoms. The molecule has 0 radical (unpaired) electrons. The zero-order chi connectivity index (χ0) is 11.4. The Balaban J connectivity index is 2.68. The molecule has 1 rings (SSSR count). The fourth-order valence-corrected chi connectivity index (χ4v) is 0.654. The average molecular weight is 222 g/mol. The molecule has 1 heterocycles. The third kappa shape index (κ3) is 3.08. The van der Waals surface area contributed by atoms with Gasteiger partial charge < -0.3 is 9.84 Å². The van der Waals surface area contributed by atoms with E-state index in [1.54, 1.807) is 0 Å². The molecule has 0 spiro atoms. The van der Waals surface area contributed by atoms with Crippen LogP contribution in [-0.4, -0.2) is 33.8 Å². The smallest absolute Gasteiger partial charge is 0.356 e. The molecule has 1 N–H and O–H groups in total. The predicted molar refractivity (Wildman–Crippen MR) is 40.5 cm³/mol. The predicted octanol–water partition coefficient (Wildman–Crippen LogP) is 1.11. The first-order valence-electron chi connectivity index (χ1n) is 3.65. The summed E-state index contributed by atoms with van der Waals surface area (Å²) in [6.07, 6.45) is -4.59. The van der Waals surface area contributed by atoms with Gasteiger partial charge >= 0.3 is 12.4 Å². The number of carboxylic acids is 1. The quantitative estimate of drug-likeness (QED) is 0.826. The van der Waals surface area contributed by atoms with Gasteiger partial charge in [-0.05, 0) is 0 Å². The summed E-state index contributed by atoms with van der Waals surface area (Å²) in [4.78, 5) is 16.9. The van der Waals surface area contributed by atoms with Crippen molar-refractivity contribution < 1.29 is 27.8 Å². The number of hydrogen-bond donors (Lipinski definition) is 1. The number of carboxylic acid groups (broad SMARTS) is 1. The molecule has 82 valence electrons. The fourth-order valence-electron chi connectivity index (χ4n) is 0.654. The summed E-state index contributed by atoms with van der Waals surface area (Å²) in [7, 11) is 0. The van der Waals surface area contributed by atoms with E-state index in [0.717, 1.165) is 12.4 Å². The maximum atomic E-state index is 12.3. The second-order valence-corrected chi connectivity index (χ2v) is 2.35. The Hall–Kier alpha value is -1.86. The molecule has 8 heteroatoms. The van der Waals surface area contributed by atoms with Crippen molar-refractivity contribution in [2.45, 2.75) is 12.8 Å². The van der Waals surface area contributed by atoms with E-state index in [9.17, 15) is 18.0 Å². The molecule has 0 bridgehead atoms. The van der Waals surface area contributed by atoms with Crippen molar-refractivity contribution in [2.24, 2.45) is 0 Å². The van der Waals surface area contributed by atoms with Gasteiger partial charge in [0.25, 0.3) is 6.36 Å². The molecule has 1 unspecified atom stereocenters. The molecule has 1 aromatic heterocycles. The molecule has 0 aliphatic rings. The Kier molecular flexibility index (Phi) is 3.42. The van der Waals surface area contributed by atoms with Crippen molar-refractivity contribution in [1.82, 2.24) is 9.97 Å². The topological polar surface area (TPSA) is 72.3 Å². The molecule has 5 nitrogen and oxygen atoms in total. The van der Waals surface area contributed by atoms with Crippen molar-refractivity contribution in [2.75, 3.05) is 0 Å². The normalized spacial score (nSPS) is 12.5. The number of carbonyl (C=O) groups is 1. The Labute approximate surface area is 81.5 Å². The highest BCUT2D eigenvalue weighted by atomic mass is 19.3. The van der Waals surface area contributed by atoms with Crippen LogP contribution in [0.1, 0.15) is 10.5 Å². The monoisotopic (exact) mass is 222 g/mol. The largest absolute Gasteiger partial charge is 0.476 e. The van der Waals surface area contributed by atoms with Crippen molar-refractivity contribution in [1.29, 1.82) is 0 Å². The van der Waals surface area contributed by atoms with Crippen LogP contribution >= 0.6 is 0 Å². The number of nitrogens with zero attached hydrogens (tertiary/aromatic N) is 2. The number of halogens is 3. The summed E-state index contributed by atoms with van der Waals surface area (Å²) < 4.78 is 39.7. The molecular weight excluding hydrogens is 217 g/mol. The fraction of sp³-hybridized carbons (Fsp3) is 0.286. The van der Waals surface area contributed by atoms with Crippen LogP contribution in [0, 0.1) is 0 Å². The molecule has 0 amide bonds. The van der Waals surface area contributed by atoms with E-state index >= 15 is 0 Å². The van der Waals surface area contributed by atoms with Gasteiger partial charge in [0.15, 0.2) is 5.69 Å². The first kappa shape index (κ1) is 11.2. The minimum atomic E-state index is -3.30. The highest BCUT2D eigenvalue weighted by Crippen LogP contribution is 2.12. The summed E-state index contributed by atoms with van der Waals surface area (Å²) >= 11 is 0. The van der Waals surface area contributed by atoms with E-state index in [1.165, 1.54) is 0 Å². The van der Waals surface area contributed by atoms with E-state index in [0.29, 0.717) is 0 Å². The van der Waals surface area contributed by atoms with Crippen molar-refractivity contribution in [3.8, 4) is 5.88 Å². The van der Waals surface area contributed by atoms with E-state index in [2.05, 4.69) is 14.7 Å². The number of hydrogen-bond acceptors (Lipinski definition) is 4. The number of ether oxygens (including phenoxy) is 1. The van der Waals surface area contributed by atoms with Gasteiger partial charge in [0.1, 0.15) is 0 Å². The van der Waals surface area contributed by atoms with Crippen LogP contribution < -0.4 is 4.74 Å². The summed E-state index contributed by atoms with van der Waals surface area (Å²) in [6.45, 7) is 0. The average Bonchev–Trinajstić information content (AvgIpc) is 2.18. The minimum Gasteiger partial charge on any atom is -0.476 e. The molecule has 1 atom stereocenters. The standard InChI is InChI=1S/C7H5F3N2O3/c8-5(9)6(10)15-4-2-11-3(1-12-4)7(13)14/h1-2,5-6H,(H,13,14). The first-order valence-corrected chi connectivity index (χ1v) is 3.65. The first-order chi connectivity index (χ1) is 7.00. The molecule has 0 saturated heterocycles. The second kappa shape index (κ2) is 4.58. The van der Waals surface area contributed by atoms with Gasteiger partial charge in [-0.1, -0.05) is 0 Å². The minimum absolute atomic E-state index is 0.394. The molecule has 1 aromatic rings. The van der Waals surface area contributed by atoms with E-state index in [4.69, 9.17) is 5.11 Å². The number of aromatic carboxylic acids is 1. The lowest BCUT2D eigenvalue weighted by molar-refractivity contribution is -0.0692. The van der Waals surface area contributed by atoms with Gasteiger partial charge in [0, 0.05) is 0 Å². The van der Waals surface area contributed by atoms with E-state index in [-0.39, 0.29) is 0 Å². The zero-order valence-electron chi connectivity index (χ0n) is 7.10. The number of aromatic nitrogens is 2. The van der Waals surface area contributed by atoms with Gasteiger partial charge in [-0.25, -0.2) is 23.5 Å². The lowest BCUT2D eigenvalue weighted by Gasteiger charge is -2.08. The lowest BCUT2D eigenvalue weighted by atomic mass is 10.5. The molecule has 0 fully saturated rings. The Morgan fingerprint density at radius 1 is 1.33 bits per heavy atom. The summed E-state index contributed by atoms with van der Waals surface area (Å²) in [5, 5.41) is 8.41.